The molecule has 0 fully saturated rings. The first-order valence-corrected chi connectivity index (χ1v) is 13.6. The summed E-state index contributed by atoms with van der Waals surface area (Å²) in [4.78, 5) is 1.49. The van der Waals surface area contributed by atoms with Gasteiger partial charge in [-0.3, -0.25) is 0 Å². The van der Waals surface area contributed by atoms with Gasteiger partial charge in [0.05, 0.1) is 4.90 Å². The molecule has 6 heteroatoms. The van der Waals surface area contributed by atoms with Crippen LogP contribution in [0.4, 0.5) is 0 Å². The molecule has 0 aliphatic heterocycles. The molecule has 1 atom stereocenters. The Morgan fingerprint density at radius 2 is 1.55 bits per heavy atom. The first-order chi connectivity index (χ1) is 13.9. The fraction of sp³-hybridized carbons (Fsp3) is 0.478. The zero-order valence-electron chi connectivity index (χ0n) is 17.4. The van der Waals surface area contributed by atoms with Crippen molar-refractivity contribution in [3.8, 4) is 0 Å². The number of aryl methyl sites for hydroxylation is 1. The molecule has 160 valence electrons. The van der Waals surface area contributed by atoms with E-state index in [-0.39, 0.29) is 6.04 Å². The van der Waals surface area contributed by atoms with Gasteiger partial charge in [-0.15, -0.1) is 11.8 Å². The van der Waals surface area contributed by atoms with Crippen LogP contribution in [0.2, 0.25) is 0 Å². The lowest BCUT2D eigenvalue weighted by molar-refractivity contribution is 0.518. The van der Waals surface area contributed by atoms with Crippen LogP contribution in [0, 0.1) is 6.92 Å². The molecule has 2 aromatic carbocycles. The van der Waals surface area contributed by atoms with E-state index in [1.54, 1.807) is 23.9 Å². The molecule has 0 amide bonds. The molecular formula is C23H32BrNO2S2. The first-order valence-electron chi connectivity index (χ1n) is 10.4. The molecule has 0 aromatic heterocycles. The number of benzene rings is 2. The highest BCUT2D eigenvalue weighted by atomic mass is 79.9. The molecule has 29 heavy (non-hydrogen) atoms. The Morgan fingerprint density at radius 3 is 2.21 bits per heavy atom. The van der Waals surface area contributed by atoms with Crippen molar-refractivity contribution in [3.63, 3.8) is 0 Å². The lowest BCUT2D eigenvalue weighted by Gasteiger charge is -2.19. The minimum atomic E-state index is -3.51. The van der Waals surface area contributed by atoms with E-state index in [0.29, 0.717) is 4.90 Å². The number of sulfonamides is 1. The van der Waals surface area contributed by atoms with Gasteiger partial charge < -0.3 is 0 Å². The van der Waals surface area contributed by atoms with Gasteiger partial charge in [0, 0.05) is 21.2 Å². The zero-order chi connectivity index (χ0) is 21.1. The lowest BCUT2D eigenvalue weighted by Crippen LogP contribution is -2.36. The van der Waals surface area contributed by atoms with Crippen LogP contribution in [0.5, 0.6) is 0 Å². The summed E-state index contributed by atoms with van der Waals surface area (Å²) in [5.74, 6) is 0.724. The highest BCUT2D eigenvalue weighted by Gasteiger charge is 2.20. The molecule has 0 aliphatic rings. The number of hydrogen-bond acceptors (Lipinski definition) is 3. The topological polar surface area (TPSA) is 46.2 Å². The molecule has 0 bridgehead atoms. The average molecular weight is 499 g/mol. The summed E-state index contributed by atoms with van der Waals surface area (Å²) in [6.45, 7) is 4.18. The van der Waals surface area contributed by atoms with Gasteiger partial charge in [-0.25, -0.2) is 13.1 Å². The fourth-order valence-electron chi connectivity index (χ4n) is 3.08. The van der Waals surface area contributed by atoms with Crippen LogP contribution in [-0.2, 0) is 10.0 Å². The van der Waals surface area contributed by atoms with Crippen LogP contribution in [0.3, 0.4) is 0 Å². The van der Waals surface area contributed by atoms with Gasteiger partial charge in [-0.2, -0.15) is 0 Å². The van der Waals surface area contributed by atoms with Crippen LogP contribution < -0.4 is 4.72 Å². The molecule has 0 aliphatic carbocycles. The fourth-order valence-corrected chi connectivity index (χ4v) is 5.69. The zero-order valence-corrected chi connectivity index (χ0v) is 20.6. The smallest absolute Gasteiger partial charge is 0.207 e. The Balaban J connectivity index is 1.98. The molecule has 0 saturated heterocycles. The molecule has 3 nitrogen and oxygen atoms in total. The Bertz CT molecular complexity index is 821. The van der Waals surface area contributed by atoms with E-state index >= 15 is 0 Å². The number of unbranched alkanes of at least 4 members (excludes halogenated alkanes) is 5. The van der Waals surface area contributed by atoms with Gasteiger partial charge in [0.25, 0.3) is 0 Å². The van der Waals surface area contributed by atoms with Crippen molar-refractivity contribution in [1.82, 2.24) is 4.72 Å². The van der Waals surface area contributed by atoms with Crippen LogP contribution in [0.15, 0.2) is 62.8 Å². The predicted octanol–water partition coefficient (Wildman–Crippen LogP) is 6.95. The molecule has 2 aromatic rings. The third-order valence-electron chi connectivity index (χ3n) is 4.82. The van der Waals surface area contributed by atoms with E-state index in [1.807, 2.05) is 31.2 Å². The van der Waals surface area contributed by atoms with Crippen LogP contribution in [0.25, 0.3) is 0 Å². The van der Waals surface area contributed by atoms with Crippen molar-refractivity contribution in [2.45, 2.75) is 74.6 Å². The normalized spacial score (nSPS) is 12.8. The van der Waals surface area contributed by atoms with Gasteiger partial charge in [0.15, 0.2) is 0 Å². The van der Waals surface area contributed by atoms with Gasteiger partial charge in [0.2, 0.25) is 10.0 Å². The predicted molar refractivity (Wildman–Crippen MR) is 128 cm³/mol. The van der Waals surface area contributed by atoms with Crippen LogP contribution in [0.1, 0.15) is 57.4 Å². The quantitative estimate of drug-likeness (QED) is 0.240. The lowest BCUT2D eigenvalue weighted by atomic mass is 10.1. The first kappa shape index (κ1) is 24.4. The molecule has 0 spiro atoms. The molecule has 1 N–H and O–H groups in total. The van der Waals surface area contributed by atoms with Crippen molar-refractivity contribution < 1.29 is 8.42 Å². The minimum Gasteiger partial charge on any atom is -0.207 e. The largest absolute Gasteiger partial charge is 0.240 e. The van der Waals surface area contributed by atoms with Gasteiger partial charge >= 0.3 is 0 Å². The summed E-state index contributed by atoms with van der Waals surface area (Å²) in [5, 5.41) is 0. The van der Waals surface area contributed by atoms with Crippen molar-refractivity contribution in [3.05, 3.63) is 58.6 Å². The number of hydrogen-bond donors (Lipinski definition) is 1. The maximum absolute atomic E-state index is 12.9. The monoisotopic (exact) mass is 497 g/mol. The van der Waals surface area contributed by atoms with Crippen molar-refractivity contribution in [2.75, 3.05) is 5.75 Å². The van der Waals surface area contributed by atoms with E-state index in [0.717, 1.165) is 39.9 Å². The summed E-state index contributed by atoms with van der Waals surface area (Å²) in [7, 11) is -3.51. The molecule has 0 radical (unpaired) electrons. The summed E-state index contributed by atoms with van der Waals surface area (Å²) in [6, 6.07) is 15.1. The molecular weight excluding hydrogens is 466 g/mol. The average Bonchev–Trinajstić information content (AvgIpc) is 2.70. The molecule has 2 rings (SSSR count). The third kappa shape index (κ3) is 9.24. The van der Waals surface area contributed by atoms with Gasteiger partial charge in [-0.05, 0) is 49.7 Å². The summed E-state index contributed by atoms with van der Waals surface area (Å²) in [6.07, 6.45) is 8.08. The Kier molecular flexibility index (Phi) is 10.8. The second kappa shape index (κ2) is 12.8. The van der Waals surface area contributed by atoms with E-state index in [1.165, 1.54) is 25.7 Å². The van der Waals surface area contributed by atoms with E-state index < -0.39 is 10.0 Å². The second-order valence-corrected chi connectivity index (χ2v) is 11.2. The standard InChI is InChI=1S/C23H32BrNO2S2/c1-3-4-5-6-7-8-9-21(18-28-22-14-12-20(24)13-15-22)25-29(26,27)23-16-10-19(2)11-17-23/h10-17,21,25H,3-9,18H2,1-2H3. The van der Waals surface area contributed by atoms with Crippen molar-refractivity contribution in [2.24, 2.45) is 0 Å². The van der Waals surface area contributed by atoms with E-state index in [2.05, 4.69) is 39.7 Å². The highest BCUT2D eigenvalue weighted by molar-refractivity contribution is 9.10. The third-order valence-corrected chi connectivity index (χ3v) is 8.06. The van der Waals surface area contributed by atoms with E-state index in [9.17, 15) is 8.42 Å². The van der Waals surface area contributed by atoms with Gasteiger partial charge in [-0.1, -0.05) is 79.1 Å². The number of thioether (sulfide) groups is 1. The van der Waals surface area contributed by atoms with E-state index in [4.69, 9.17) is 0 Å². The summed E-state index contributed by atoms with van der Waals surface area (Å²) < 4.78 is 29.7. The summed E-state index contributed by atoms with van der Waals surface area (Å²) in [5.41, 5.74) is 1.05. The molecule has 0 saturated carbocycles. The van der Waals surface area contributed by atoms with Gasteiger partial charge in [0.1, 0.15) is 0 Å². The number of nitrogens with one attached hydrogen (secondary N) is 1. The maximum Gasteiger partial charge on any atom is 0.240 e. The van der Waals surface area contributed by atoms with Crippen molar-refractivity contribution >= 4 is 37.7 Å². The van der Waals surface area contributed by atoms with Crippen molar-refractivity contribution in [1.29, 1.82) is 0 Å². The number of halogens is 1. The van der Waals surface area contributed by atoms with Crippen LogP contribution >= 0.6 is 27.7 Å². The Labute approximate surface area is 189 Å². The van der Waals surface area contributed by atoms with Crippen LogP contribution in [-0.4, -0.2) is 20.2 Å². The second-order valence-electron chi connectivity index (χ2n) is 7.45. The highest BCUT2D eigenvalue weighted by Crippen LogP contribution is 2.23. The Hall–Kier alpha value is -0.820. The summed E-state index contributed by atoms with van der Waals surface area (Å²) >= 11 is 5.15. The Morgan fingerprint density at radius 1 is 0.931 bits per heavy atom. The number of rotatable bonds is 13. The SMILES string of the molecule is CCCCCCCCC(CSc1ccc(Br)cc1)NS(=O)(=O)c1ccc(C)cc1. The minimum absolute atomic E-state index is 0.0823. The molecule has 0 heterocycles. The maximum atomic E-state index is 12.9. The molecule has 1 unspecified atom stereocenters.